The van der Waals surface area contributed by atoms with Crippen LogP contribution in [0.25, 0.3) is 0 Å². The molecular formula is C15H13Cl2N3O4. The van der Waals surface area contributed by atoms with Crippen molar-refractivity contribution in [3.05, 3.63) is 56.1 Å². The summed E-state index contributed by atoms with van der Waals surface area (Å²) in [6, 6.07) is 7.13. The van der Waals surface area contributed by atoms with E-state index in [0.717, 1.165) is 6.07 Å². The second-order valence-corrected chi connectivity index (χ2v) is 5.41. The average molecular weight is 370 g/mol. The molecule has 0 amide bonds. The molecule has 0 heterocycles. The molecule has 0 spiro atoms. The first-order valence-electron chi connectivity index (χ1n) is 6.80. The molecule has 7 nitrogen and oxygen atoms in total. The summed E-state index contributed by atoms with van der Waals surface area (Å²) in [5.74, 6) is -0.229. The van der Waals surface area contributed by atoms with Gasteiger partial charge < -0.3 is 9.84 Å². The van der Waals surface area contributed by atoms with E-state index < -0.39 is 4.92 Å². The van der Waals surface area contributed by atoms with Crippen molar-refractivity contribution in [3.63, 3.8) is 0 Å². The number of benzene rings is 2. The molecular weight excluding hydrogens is 357 g/mol. The van der Waals surface area contributed by atoms with Crippen LogP contribution in [-0.2, 0) is 0 Å². The molecule has 0 atom stereocenters. The van der Waals surface area contributed by atoms with E-state index in [-0.39, 0.29) is 29.4 Å². The highest BCUT2D eigenvalue weighted by molar-refractivity contribution is 6.36. The lowest BCUT2D eigenvalue weighted by Gasteiger charge is -2.08. The standard InChI is InChI=1S/C15H13Cl2N3O4/c1-2-24-14-7-11(20(22)23)5-9(15(14)21)8-18-19-13-4-3-10(16)6-12(13)17/h3-8,19,21H,2H2,1H3. The van der Waals surface area contributed by atoms with Gasteiger partial charge in [0.15, 0.2) is 11.5 Å². The van der Waals surface area contributed by atoms with Gasteiger partial charge in [-0.3, -0.25) is 15.5 Å². The quantitative estimate of drug-likeness (QED) is 0.445. The molecule has 0 saturated carbocycles. The second kappa shape index (κ2) is 7.85. The Hall–Kier alpha value is -2.51. The lowest BCUT2D eigenvalue weighted by molar-refractivity contribution is -0.385. The Balaban J connectivity index is 2.28. The topological polar surface area (TPSA) is 97.0 Å². The SMILES string of the molecule is CCOc1cc([N+](=O)[O-])cc(C=NNc2ccc(Cl)cc2Cl)c1O. The molecule has 0 fully saturated rings. The fourth-order valence-corrected chi connectivity index (χ4v) is 2.29. The molecule has 0 aliphatic heterocycles. The van der Waals surface area contributed by atoms with Gasteiger partial charge in [-0.05, 0) is 25.1 Å². The predicted molar refractivity (Wildman–Crippen MR) is 93.6 cm³/mol. The van der Waals surface area contributed by atoms with Gasteiger partial charge in [0.05, 0.1) is 34.5 Å². The summed E-state index contributed by atoms with van der Waals surface area (Å²) in [7, 11) is 0. The minimum absolute atomic E-state index is 0.0117. The first-order valence-corrected chi connectivity index (χ1v) is 7.56. The van der Waals surface area contributed by atoms with Crippen LogP contribution in [0.4, 0.5) is 11.4 Å². The van der Waals surface area contributed by atoms with Crippen LogP contribution in [-0.4, -0.2) is 22.9 Å². The first-order chi connectivity index (χ1) is 11.4. The average Bonchev–Trinajstić information content (AvgIpc) is 2.52. The van der Waals surface area contributed by atoms with Crippen LogP contribution in [0, 0.1) is 10.1 Å². The highest BCUT2D eigenvalue weighted by Gasteiger charge is 2.16. The van der Waals surface area contributed by atoms with E-state index in [9.17, 15) is 15.2 Å². The van der Waals surface area contributed by atoms with Crippen molar-refractivity contribution >= 4 is 40.8 Å². The Kier molecular flexibility index (Phi) is 5.83. The molecule has 2 N–H and O–H groups in total. The monoisotopic (exact) mass is 369 g/mol. The number of nitrogens with one attached hydrogen (secondary N) is 1. The minimum Gasteiger partial charge on any atom is -0.504 e. The lowest BCUT2D eigenvalue weighted by atomic mass is 10.1. The third-order valence-electron chi connectivity index (χ3n) is 2.92. The third-order valence-corrected chi connectivity index (χ3v) is 3.47. The van der Waals surface area contributed by atoms with Crippen molar-refractivity contribution in [1.82, 2.24) is 0 Å². The molecule has 126 valence electrons. The van der Waals surface area contributed by atoms with Crippen molar-refractivity contribution in [2.45, 2.75) is 6.92 Å². The Morgan fingerprint density at radius 2 is 2.12 bits per heavy atom. The first kappa shape index (κ1) is 17.8. The number of hydrazone groups is 1. The summed E-state index contributed by atoms with van der Waals surface area (Å²) >= 11 is 11.8. The summed E-state index contributed by atoms with van der Waals surface area (Å²) in [6.07, 6.45) is 1.23. The summed E-state index contributed by atoms with van der Waals surface area (Å²) < 4.78 is 5.19. The number of rotatable bonds is 6. The summed E-state index contributed by atoms with van der Waals surface area (Å²) in [5, 5.41) is 25.8. The number of phenolic OH excluding ortho intramolecular Hbond substituents is 1. The van der Waals surface area contributed by atoms with E-state index in [4.69, 9.17) is 27.9 Å². The molecule has 0 unspecified atom stereocenters. The Morgan fingerprint density at radius 1 is 1.38 bits per heavy atom. The summed E-state index contributed by atoms with van der Waals surface area (Å²) in [4.78, 5) is 10.4. The molecule has 0 radical (unpaired) electrons. The molecule has 0 saturated heterocycles. The van der Waals surface area contributed by atoms with Crippen LogP contribution >= 0.6 is 23.2 Å². The summed E-state index contributed by atoms with van der Waals surface area (Å²) in [6.45, 7) is 1.96. The molecule has 9 heteroatoms. The van der Waals surface area contributed by atoms with Crippen molar-refractivity contribution in [3.8, 4) is 11.5 Å². The number of hydrogen-bond donors (Lipinski definition) is 2. The maximum atomic E-state index is 11.0. The fourth-order valence-electron chi connectivity index (χ4n) is 1.84. The smallest absolute Gasteiger partial charge is 0.274 e. The third kappa shape index (κ3) is 4.27. The molecule has 2 aromatic rings. The Bertz CT molecular complexity index is 797. The van der Waals surface area contributed by atoms with Gasteiger partial charge in [0.25, 0.3) is 5.69 Å². The maximum Gasteiger partial charge on any atom is 0.274 e. The van der Waals surface area contributed by atoms with Crippen LogP contribution in [0.2, 0.25) is 10.0 Å². The molecule has 0 aliphatic rings. The van der Waals surface area contributed by atoms with Crippen LogP contribution in [0.1, 0.15) is 12.5 Å². The molecule has 0 bridgehead atoms. The molecule has 2 aromatic carbocycles. The number of aromatic hydroxyl groups is 1. The van der Waals surface area contributed by atoms with Gasteiger partial charge in [0, 0.05) is 16.7 Å². The van der Waals surface area contributed by atoms with Crippen LogP contribution < -0.4 is 10.2 Å². The number of ether oxygens (including phenoxy) is 1. The number of halogens is 2. The van der Waals surface area contributed by atoms with E-state index >= 15 is 0 Å². The van der Waals surface area contributed by atoms with Gasteiger partial charge in [-0.2, -0.15) is 5.10 Å². The van der Waals surface area contributed by atoms with Crippen molar-refractivity contribution in [2.75, 3.05) is 12.0 Å². The second-order valence-electron chi connectivity index (χ2n) is 4.57. The van der Waals surface area contributed by atoms with Crippen molar-refractivity contribution in [1.29, 1.82) is 0 Å². The molecule has 0 aliphatic carbocycles. The minimum atomic E-state index is -0.581. The number of hydrogen-bond acceptors (Lipinski definition) is 6. The normalized spacial score (nSPS) is 10.8. The van der Waals surface area contributed by atoms with Crippen LogP contribution in [0.3, 0.4) is 0 Å². The number of anilines is 1. The number of nitro benzene ring substituents is 1. The number of nitro groups is 1. The fraction of sp³-hybridized carbons (Fsp3) is 0.133. The van der Waals surface area contributed by atoms with E-state index in [0.29, 0.717) is 15.7 Å². The zero-order chi connectivity index (χ0) is 17.7. The van der Waals surface area contributed by atoms with Crippen LogP contribution in [0.5, 0.6) is 11.5 Å². The van der Waals surface area contributed by atoms with Gasteiger partial charge in [0.1, 0.15) is 0 Å². The van der Waals surface area contributed by atoms with E-state index in [2.05, 4.69) is 10.5 Å². The highest BCUT2D eigenvalue weighted by atomic mass is 35.5. The van der Waals surface area contributed by atoms with Gasteiger partial charge in [-0.1, -0.05) is 23.2 Å². The zero-order valence-electron chi connectivity index (χ0n) is 12.5. The van der Waals surface area contributed by atoms with Gasteiger partial charge >= 0.3 is 0 Å². The summed E-state index contributed by atoms with van der Waals surface area (Å²) in [5.41, 5.74) is 3.08. The Labute approximate surface area is 147 Å². The Morgan fingerprint density at radius 3 is 2.75 bits per heavy atom. The van der Waals surface area contributed by atoms with E-state index in [1.54, 1.807) is 25.1 Å². The van der Waals surface area contributed by atoms with Crippen molar-refractivity contribution < 1.29 is 14.8 Å². The number of non-ortho nitro benzene ring substituents is 1. The number of phenols is 1. The van der Waals surface area contributed by atoms with E-state index in [1.807, 2.05) is 0 Å². The lowest BCUT2D eigenvalue weighted by Crippen LogP contribution is -1.98. The highest BCUT2D eigenvalue weighted by Crippen LogP contribution is 2.34. The van der Waals surface area contributed by atoms with Gasteiger partial charge in [0.2, 0.25) is 0 Å². The van der Waals surface area contributed by atoms with Gasteiger partial charge in [-0.25, -0.2) is 0 Å². The van der Waals surface area contributed by atoms with Crippen molar-refractivity contribution in [2.24, 2.45) is 5.10 Å². The van der Waals surface area contributed by atoms with Crippen LogP contribution in [0.15, 0.2) is 35.4 Å². The molecule has 0 aromatic heterocycles. The molecule has 24 heavy (non-hydrogen) atoms. The predicted octanol–water partition coefficient (Wildman–Crippen LogP) is 4.45. The molecule has 2 rings (SSSR count). The van der Waals surface area contributed by atoms with Gasteiger partial charge in [-0.15, -0.1) is 0 Å². The zero-order valence-corrected chi connectivity index (χ0v) is 14.0. The maximum absolute atomic E-state index is 11.0. The largest absolute Gasteiger partial charge is 0.504 e. The van der Waals surface area contributed by atoms with E-state index in [1.165, 1.54) is 12.3 Å². The number of nitrogens with zero attached hydrogens (tertiary/aromatic N) is 2.